The van der Waals surface area contributed by atoms with E-state index in [0.29, 0.717) is 5.57 Å². The molecule has 1 heterocycles. The molecule has 0 spiro atoms. The van der Waals surface area contributed by atoms with Gasteiger partial charge >= 0.3 is 5.97 Å². The van der Waals surface area contributed by atoms with Crippen molar-refractivity contribution in [1.29, 1.82) is 0 Å². The lowest BCUT2D eigenvalue weighted by Gasteiger charge is -2.06. The van der Waals surface area contributed by atoms with Crippen molar-refractivity contribution >= 4 is 5.97 Å². The number of hydrogen-bond donors (Lipinski definition) is 0. The Balaban J connectivity index is 2.79. The van der Waals surface area contributed by atoms with Crippen LogP contribution < -0.4 is 0 Å². The summed E-state index contributed by atoms with van der Waals surface area (Å²) in [4.78, 5) is 15.6. The highest BCUT2D eigenvalue weighted by atomic mass is 16.5. The van der Waals surface area contributed by atoms with E-state index in [2.05, 4.69) is 18.1 Å². The summed E-state index contributed by atoms with van der Waals surface area (Å²) in [5.74, 6) is 0.338. The quantitative estimate of drug-likeness (QED) is 0.445. The molecular formula is C13H18N2O2. The summed E-state index contributed by atoms with van der Waals surface area (Å²) in [6.07, 6.45) is 2.58. The van der Waals surface area contributed by atoms with E-state index in [9.17, 15) is 4.79 Å². The molecule has 0 aliphatic rings. The fourth-order valence-corrected chi connectivity index (χ4v) is 1.54. The van der Waals surface area contributed by atoms with Gasteiger partial charge in [-0.1, -0.05) is 12.7 Å². The van der Waals surface area contributed by atoms with Crippen molar-refractivity contribution in [2.45, 2.75) is 26.9 Å². The molecule has 0 aromatic carbocycles. The molecule has 1 aromatic rings. The van der Waals surface area contributed by atoms with Crippen LogP contribution in [0.1, 0.15) is 24.1 Å². The number of hydrogen-bond acceptors (Lipinski definition) is 3. The molecule has 4 nitrogen and oxygen atoms in total. The fourth-order valence-electron chi connectivity index (χ4n) is 1.54. The van der Waals surface area contributed by atoms with Crippen LogP contribution in [0.3, 0.4) is 0 Å². The Kier molecular flexibility index (Phi) is 4.26. The van der Waals surface area contributed by atoms with Crippen molar-refractivity contribution in [2.75, 3.05) is 0 Å². The third-order valence-electron chi connectivity index (χ3n) is 2.52. The van der Waals surface area contributed by atoms with E-state index in [1.807, 2.05) is 24.6 Å². The van der Waals surface area contributed by atoms with E-state index < -0.39 is 5.97 Å². The fraction of sp³-hybridized carbons (Fsp3) is 0.385. The topological polar surface area (TPSA) is 44.1 Å². The average molecular weight is 234 g/mol. The zero-order valence-corrected chi connectivity index (χ0v) is 10.6. The molecule has 0 aliphatic carbocycles. The van der Waals surface area contributed by atoms with Gasteiger partial charge in [0.15, 0.2) is 0 Å². The van der Waals surface area contributed by atoms with Crippen molar-refractivity contribution in [3.05, 3.63) is 42.0 Å². The van der Waals surface area contributed by atoms with Crippen LogP contribution in [0.5, 0.6) is 0 Å². The van der Waals surface area contributed by atoms with Crippen LogP contribution in [-0.4, -0.2) is 15.5 Å². The number of nitrogens with zero attached hydrogens (tertiary/aromatic N) is 2. The molecule has 1 aromatic heterocycles. The molecule has 92 valence electrons. The zero-order valence-electron chi connectivity index (χ0n) is 10.6. The smallest absolute Gasteiger partial charge is 0.333 e. The monoisotopic (exact) mass is 234 g/mol. The van der Waals surface area contributed by atoms with Crippen LogP contribution in [-0.2, 0) is 29.6 Å². The van der Waals surface area contributed by atoms with Gasteiger partial charge in [0.2, 0.25) is 0 Å². The minimum absolute atomic E-state index is 0.167. The van der Waals surface area contributed by atoms with Crippen LogP contribution >= 0.6 is 0 Å². The maximum absolute atomic E-state index is 11.3. The highest BCUT2D eigenvalue weighted by Gasteiger charge is 2.12. The first-order chi connectivity index (χ1) is 7.97. The van der Waals surface area contributed by atoms with Crippen molar-refractivity contribution in [1.82, 2.24) is 9.55 Å². The Bertz CT molecular complexity index is 458. The third-order valence-corrected chi connectivity index (χ3v) is 2.52. The minimum Gasteiger partial charge on any atom is -0.454 e. The number of imidazole rings is 1. The Labute approximate surface area is 102 Å². The second kappa shape index (κ2) is 5.48. The Morgan fingerprint density at radius 2 is 2.24 bits per heavy atom. The zero-order chi connectivity index (χ0) is 13.0. The number of carbonyl (C=O) groups is 1. The SMILES string of the molecule is C=CCc1c(C)nc(COC(=O)C(=C)C)n1C. The van der Waals surface area contributed by atoms with E-state index in [1.165, 1.54) is 0 Å². The predicted molar refractivity (Wildman–Crippen MR) is 66.5 cm³/mol. The van der Waals surface area contributed by atoms with E-state index in [-0.39, 0.29) is 6.61 Å². The predicted octanol–water partition coefficient (Wildman–Crippen LogP) is 2.08. The second-order valence-corrected chi connectivity index (χ2v) is 3.97. The Hall–Kier alpha value is -1.84. The molecule has 0 saturated heterocycles. The number of allylic oxidation sites excluding steroid dienone is 1. The molecule has 1 rings (SSSR count). The first kappa shape index (κ1) is 13.2. The lowest BCUT2D eigenvalue weighted by atomic mass is 10.2. The largest absolute Gasteiger partial charge is 0.454 e. The van der Waals surface area contributed by atoms with Crippen molar-refractivity contribution in [3.63, 3.8) is 0 Å². The van der Waals surface area contributed by atoms with Crippen LogP contribution in [0.15, 0.2) is 24.8 Å². The number of carbonyl (C=O) groups excluding carboxylic acids is 1. The number of esters is 1. The van der Waals surface area contributed by atoms with Gasteiger partial charge in [0.05, 0.1) is 5.69 Å². The molecule has 0 atom stereocenters. The maximum atomic E-state index is 11.3. The number of ether oxygens (including phenoxy) is 1. The second-order valence-electron chi connectivity index (χ2n) is 3.97. The summed E-state index contributed by atoms with van der Waals surface area (Å²) in [5, 5.41) is 0. The van der Waals surface area contributed by atoms with Crippen LogP contribution in [0.2, 0.25) is 0 Å². The van der Waals surface area contributed by atoms with E-state index >= 15 is 0 Å². The van der Waals surface area contributed by atoms with Crippen LogP contribution in [0.4, 0.5) is 0 Å². The molecular weight excluding hydrogens is 216 g/mol. The summed E-state index contributed by atoms with van der Waals surface area (Å²) >= 11 is 0. The van der Waals surface area contributed by atoms with Gasteiger partial charge in [-0.15, -0.1) is 6.58 Å². The summed E-state index contributed by atoms with van der Waals surface area (Å²) in [5.41, 5.74) is 2.41. The highest BCUT2D eigenvalue weighted by Crippen LogP contribution is 2.12. The third kappa shape index (κ3) is 3.06. The molecule has 0 saturated carbocycles. The summed E-state index contributed by atoms with van der Waals surface area (Å²) in [6, 6.07) is 0. The maximum Gasteiger partial charge on any atom is 0.333 e. The van der Waals surface area contributed by atoms with Gasteiger partial charge < -0.3 is 9.30 Å². The van der Waals surface area contributed by atoms with Gasteiger partial charge in [-0.3, -0.25) is 0 Å². The van der Waals surface area contributed by atoms with Gasteiger partial charge in [-0.25, -0.2) is 9.78 Å². The standard InChI is InChI=1S/C13H18N2O2/c1-6-7-11-10(4)14-12(15(11)5)8-17-13(16)9(2)3/h6H,1-2,7-8H2,3-5H3. The van der Waals surface area contributed by atoms with Gasteiger partial charge in [0, 0.05) is 24.7 Å². The number of aromatic nitrogens is 2. The minimum atomic E-state index is -0.393. The van der Waals surface area contributed by atoms with Gasteiger partial charge in [0.25, 0.3) is 0 Å². The van der Waals surface area contributed by atoms with Gasteiger partial charge in [-0.2, -0.15) is 0 Å². The lowest BCUT2D eigenvalue weighted by Crippen LogP contribution is -2.09. The van der Waals surface area contributed by atoms with E-state index in [4.69, 9.17) is 4.74 Å². The van der Waals surface area contributed by atoms with Crippen LogP contribution in [0, 0.1) is 6.92 Å². The van der Waals surface area contributed by atoms with Gasteiger partial charge in [-0.05, 0) is 13.8 Å². The van der Waals surface area contributed by atoms with E-state index in [0.717, 1.165) is 23.6 Å². The van der Waals surface area contributed by atoms with E-state index in [1.54, 1.807) is 6.92 Å². The molecule has 0 aliphatic heterocycles. The van der Waals surface area contributed by atoms with Crippen molar-refractivity contribution in [3.8, 4) is 0 Å². The highest BCUT2D eigenvalue weighted by molar-refractivity contribution is 5.86. The molecule has 0 fully saturated rings. The molecule has 0 unspecified atom stereocenters. The molecule has 0 bridgehead atoms. The lowest BCUT2D eigenvalue weighted by molar-refractivity contribution is -0.140. The summed E-state index contributed by atoms with van der Waals surface area (Å²) in [7, 11) is 1.91. The van der Waals surface area contributed by atoms with Crippen molar-refractivity contribution < 1.29 is 9.53 Å². The normalized spacial score (nSPS) is 10.1. The Morgan fingerprint density at radius 3 is 2.76 bits per heavy atom. The first-order valence-electron chi connectivity index (χ1n) is 5.42. The summed E-state index contributed by atoms with van der Waals surface area (Å²) in [6.45, 7) is 11.0. The molecule has 0 radical (unpaired) electrons. The van der Waals surface area contributed by atoms with Gasteiger partial charge in [0.1, 0.15) is 12.4 Å². The first-order valence-corrected chi connectivity index (χ1v) is 5.42. The number of rotatable bonds is 5. The Morgan fingerprint density at radius 1 is 1.59 bits per heavy atom. The molecule has 4 heteroatoms. The van der Waals surface area contributed by atoms with Crippen LogP contribution in [0.25, 0.3) is 0 Å². The number of aryl methyl sites for hydroxylation is 1. The molecule has 0 N–H and O–H groups in total. The van der Waals surface area contributed by atoms with Crippen molar-refractivity contribution in [2.24, 2.45) is 7.05 Å². The molecule has 17 heavy (non-hydrogen) atoms. The summed E-state index contributed by atoms with van der Waals surface area (Å²) < 4.78 is 7.00. The molecule has 0 amide bonds. The average Bonchev–Trinajstić information content (AvgIpc) is 2.53.